The topological polar surface area (TPSA) is 41.1 Å². The molecule has 0 saturated heterocycles. The highest BCUT2D eigenvalue weighted by molar-refractivity contribution is 5.99. The molecule has 3 heteroatoms. The van der Waals surface area contributed by atoms with Gasteiger partial charge in [0.2, 0.25) is 0 Å². The van der Waals surface area contributed by atoms with Crippen molar-refractivity contribution in [2.45, 2.75) is 52.9 Å². The van der Waals surface area contributed by atoms with Gasteiger partial charge in [0.1, 0.15) is 0 Å². The highest BCUT2D eigenvalue weighted by atomic mass is 16.1. The Balaban J connectivity index is 2.02. The maximum atomic E-state index is 12.5. The van der Waals surface area contributed by atoms with Gasteiger partial charge in [-0.15, -0.1) is 0 Å². The summed E-state index contributed by atoms with van der Waals surface area (Å²) >= 11 is 0. The van der Waals surface area contributed by atoms with Crippen LogP contribution in [0.4, 0.5) is 5.69 Å². The first-order chi connectivity index (χ1) is 10.0. The lowest BCUT2D eigenvalue weighted by Gasteiger charge is -2.33. The normalized spacial score (nSPS) is 17.3. The van der Waals surface area contributed by atoms with Gasteiger partial charge in [-0.1, -0.05) is 32.3 Å². The molecule has 0 aliphatic heterocycles. The molecule has 1 fully saturated rings. The summed E-state index contributed by atoms with van der Waals surface area (Å²) in [5.74, 6) is 0.0396. The van der Waals surface area contributed by atoms with Crippen molar-refractivity contribution in [2.75, 3.05) is 18.4 Å². The van der Waals surface area contributed by atoms with E-state index in [1.165, 1.54) is 37.7 Å². The third-order valence-electron chi connectivity index (χ3n) is 4.52. The summed E-state index contributed by atoms with van der Waals surface area (Å²) in [5.41, 5.74) is 3.13. The Morgan fingerprint density at radius 1 is 1.24 bits per heavy atom. The molecule has 1 aliphatic rings. The van der Waals surface area contributed by atoms with Crippen LogP contribution < -0.4 is 10.6 Å². The van der Waals surface area contributed by atoms with E-state index in [0.717, 1.165) is 24.3 Å². The number of anilines is 1. The molecule has 1 aromatic rings. The Kier molecular flexibility index (Phi) is 5.27. The predicted octanol–water partition coefficient (Wildman–Crippen LogP) is 4.13. The Morgan fingerprint density at radius 3 is 2.62 bits per heavy atom. The lowest BCUT2D eigenvalue weighted by atomic mass is 9.76. The van der Waals surface area contributed by atoms with Crippen LogP contribution in [0.15, 0.2) is 18.2 Å². The van der Waals surface area contributed by atoms with Crippen molar-refractivity contribution >= 4 is 11.6 Å². The summed E-state index contributed by atoms with van der Waals surface area (Å²) in [6, 6.07) is 5.96. The number of carbonyl (C=O) groups is 1. The molecule has 2 rings (SSSR count). The zero-order valence-electron chi connectivity index (χ0n) is 13.6. The number of amides is 1. The summed E-state index contributed by atoms with van der Waals surface area (Å²) in [7, 11) is 0. The van der Waals surface area contributed by atoms with Gasteiger partial charge < -0.3 is 10.6 Å². The Bertz CT molecular complexity index is 490. The van der Waals surface area contributed by atoms with Crippen LogP contribution in [-0.4, -0.2) is 19.0 Å². The van der Waals surface area contributed by atoms with Gasteiger partial charge in [-0.2, -0.15) is 0 Å². The largest absolute Gasteiger partial charge is 0.385 e. The Morgan fingerprint density at radius 2 is 1.95 bits per heavy atom. The van der Waals surface area contributed by atoms with Gasteiger partial charge in [-0.3, -0.25) is 4.79 Å². The fourth-order valence-corrected chi connectivity index (χ4v) is 3.16. The van der Waals surface area contributed by atoms with Gasteiger partial charge in [0.15, 0.2) is 0 Å². The maximum absolute atomic E-state index is 12.5. The van der Waals surface area contributed by atoms with Crippen molar-refractivity contribution in [3.8, 4) is 0 Å². The zero-order chi connectivity index (χ0) is 15.3. The Labute approximate surface area is 128 Å². The van der Waals surface area contributed by atoms with E-state index in [9.17, 15) is 4.79 Å². The second kappa shape index (κ2) is 6.97. The number of carbonyl (C=O) groups excluding carboxylic acids is 1. The molecule has 1 saturated carbocycles. The van der Waals surface area contributed by atoms with E-state index in [1.54, 1.807) is 0 Å². The van der Waals surface area contributed by atoms with E-state index in [2.05, 4.69) is 17.6 Å². The van der Waals surface area contributed by atoms with Crippen molar-refractivity contribution in [1.29, 1.82) is 0 Å². The van der Waals surface area contributed by atoms with Crippen LogP contribution in [0, 0.1) is 12.3 Å². The van der Waals surface area contributed by atoms with E-state index in [0.29, 0.717) is 0 Å². The predicted molar refractivity (Wildman–Crippen MR) is 88.9 cm³/mol. The van der Waals surface area contributed by atoms with Gasteiger partial charge in [0.05, 0.1) is 5.56 Å². The lowest BCUT2D eigenvalue weighted by molar-refractivity contribution is 0.0920. The molecule has 0 bridgehead atoms. The number of nitrogens with one attached hydrogen (secondary N) is 2. The molecule has 1 aliphatic carbocycles. The number of aryl methyl sites for hydroxylation is 1. The minimum atomic E-state index is 0.0396. The van der Waals surface area contributed by atoms with Crippen molar-refractivity contribution in [3.63, 3.8) is 0 Å². The summed E-state index contributed by atoms with van der Waals surface area (Å²) in [6.45, 7) is 8.00. The molecule has 0 unspecified atom stereocenters. The molecule has 0 spiro atoms. The molecule has 1 amide bonds. The van der Waals surface area contributed by atoms with Crippen LogP contribution in [0.5, 0.6) is 0 Å². The van der Waals surface area contributed by atoms with Crippen LogP contribution in [-0.2, 0) is 0 Å². The van der Waals surface area contributed by atoms with Gasteiger partial charge in [-0.05, 0) is 49.8 Å². The van der Waals surface area contributed by atoms with Crippen molar-refractivity contribution in [1.82, 2.24) is 5.32 Å². The molecule has 0 atom stereocenters. The smallest absolute Gasteiger partial charge is 0.253 e. The second-order valence-electron chi connectivity index (χ2n) is 6.63. The van der Waals surface area contributed by atoms with Crippen LogP contribution >= 0.6 is 0 Å². The van der Waals surface area contributed by atoms with Crippen LogP contribution in [0.25, 0.3) is 0 Å². The Hall–Kier alpha value is -1.51. The molecule has 0 radical (unpaired) electrons. The van der Waals surface area contributed by atoms with Crippen LogP contribution in [0.1, 0.15) is 61.9 Å². The number of benzene rings is 1. The first-order valence-electron chi connectivity index (χ1n) is 8.17. The SMILES string of the molecule is CCNc1cc(C)ccc1C(=O)NCC1(C)CCCCC1. The summed E-state index contributed by atoms with van der Waals surface area (Å²) < 4.78 is 0. The molecule has 3 nitrogen and oxygen atoms in total. The highest BCUT2D eigenvalue weighted by Crippen LogP contribution is 2.35. The van der Waals surface area contributed by atoms with Crippen molar-refractivity contribution in [3.05, 3.63) is 29.3 Å². The van der Waals surface area contributed by atoms with E-state index in [-0.39, 0.29) is 11.3 Å². The van der Waals surface area contributed by atoms with Crippen molar-refractivity contribution in [2.24, 2.45) is 5.41 Å². The molecule has 116 valence electrons. The zero-order valence-corrected chi connectivity index (χ0v) is 13.6. The number of rotatable bonds is 5. The number of hydrogen-bond acceptors (Lipinski definition) is 2. The molecular weight excluding hydrogens is 260 g/mol. The van der Waals surface area contributed by atoms with E-state index >= 15 is 0 Å². The lowest BCUT2D eigenvalue weighted by Crippen LogP contribution is -2.37. The average molecular weight is 288 g/mol. The van der Waals surface area contributed by atoms with E-state index in [4.69, 9.17) is 0 Å². The number of hydrogen-bond donors (Lipinski definition) is 2. The van der Waals surface area contributed by atoms with E-state index in [1.807, 2.05) is 32.0 Å². The van der Waals surface area contributed by atoms with Gasteiger partial charge in [0.25, 0.3) is 5.91 Å². The highest BCUT2D eigenvalue weighted by Gasteiger charge is 2.27. The quantitative estimate of drug-likeness (QED) is 0.855. The summed E-state index contributed by atoms with van der Waals surface area (Å²) in [6.07, 6.45) is 6.37. The second-order valence-corrected chi connectivity index (χ2v) is 6.63. The first kappa shape index (κ1) is 15.9. The fraction of sp³-hybridized carbons (Fsp3) is 0.611. The molecule has 21 heavy (non-hydrogen) atoms. The van der Waals surface area contributed by atoms with E-state index < -0.39 is 0 Å². The molecule has 1 aromatic carbocycles. The average Bonchev–Trinajstić information content (AvgIpc) is 2.46. The summed E-state index contributed by atoms with van der Waals surface area (Å²) in [4.78, 5) is 12.5. The van der Waals surface area contributed by atoms with Gasteiger partial charge >= 0.3 is 0 Å². The van der Waals surface area contributed by atoms with Crippen LogP contribution in [0.3, 0.4) is 0 Å². The summed E-state index contributed by atoms with van der Waals surface area (Å²) in [5, 5.41) is 6.43. The third-order valence-corrected chi connectivity index (χ3v) is 4.52. The maximum Gasteiger partial charge on any atom is 0.253 e. The van der Waals surface area contributed by atoms with Crippen molar-refractivity contribution < 1.29 is 4.79 Å². The first-order valence-corrected chi connectivity index (χ1v) is 8.17. The minimum absolute atomic E-state index is 0.0396. The van der Waals surface area contributed by atoms with Crippen LogP contribution in [0.2, 0.25) is 0 Å². The molecule has 0 aromatic heterocycles. The minimum Gasteiger partial charge on any atom is -0.385 e. The van der Waals surface area contributed by atoms with Gasteiger partial charge in [-0.25, -0.2) is 0 Å². The molecule has 0 heterocycles. The van der Waals surface area contributed by atoms with Gasteiger partial charge in [0, 0.05) is 18.8 Å². The molecular formula is C18H28N2O. The third kappa shape index (κ3) is 4.23. The fourth-order valence-electron chi connectivity index (χ4n) is 3.16. The monoisotopic (exact) mass is 288 g/mol. The standard InChI is InChI=1S/C18H28N2O/c1-4-19-16-12-14(2)8-9-15(16)17(21)20-13-18(3)10-6-5-7-11-18/h8-9,12,19H,4-7,10-11,13H2,1-3H3,(H,20,21). The molecule has 2 N–H and O–H groups in total.